The Morgan fingerprint density at radius 3 is 2.50 bits per heavy atom. The molecule has 0 fully saturated rings. The van der Waals surface area contributed by atoms with Crippen LogP contribution in [0.15, 0.2) is 10.8 Å². The molecule has 14 heavy (non-hydrogen) atoms. The van der Waals surface area contributed by atoms with Crippen molar-refractivity contribution in [2.24, 2.45) is 5.92 Å². The van der Waals surface area contributed by atoms with E-state index in [1.54, 1.807) is 0 Å². The molecular weight excluding hydrogens is 190 g/mol. The molecule has 1 N–H and O–H groups in total. The van der Waals surface area contributed by atoms with E-state index in [1.807, 2.05) is 11.3 Å². The Hall–Kier alpha value is -0.340. The van der Waals surface area contributed by atoms with E-state index in [0.717, 1.165) is 6.54 Å². The van der Waals surface area contributed by atoms with Crippen molar-refractivity contribution in [1.29, 1.82) is 0 Å². The molecule has 0 saturated carbocycles. The second-order valence-corrected chi connectivity index (χ2v) is 4.67. The number of nitrogens with one attached hydrogen (secondary N) is 1. The number of thiophene rings is 1. The first-order valence-corrected chi connectivity index (χ1v) is 6.41. The first-order valence-electron chi connectivity index (χ1n) is 5.46. The summed E-state index contributed by atoms with van der Waals surface area (Å²) in [6.07, 6.45) is 1.23. The monoisotopic (exact) mass is 211 g/mol. The molecule has 0 aliphatic heterocycles. The topological polar surface area (TPSA) is 12.0 Å². The van der Waals surface area contributed by atoms with Crippen LogP contribution in [0.25, 0.3) is 0 Å². The lowest BCUT2D eigenvalue weighted by Gasteiger charge is -2.24. The van der Waals surface area contributed by atoms with Crippen LogP contribution in [0.2, 0.25) is 0 Å². The Balaban J connectivity index is 2.82. The molecule has 1 rings (SSSR count). The van der Waals surface area contributed by atoms with Crippen LogP contribution in [0.5, 0.6) is 0 Å². The molecule has 0 saturated heterocycles. The molecule has 0 radical (unpaired) electrons. The smallest absolute Gasteiger partial charge is 0.0356 e. The van der Waals surface area contributed by atoms with Gasteiger partial charge in [-0.05, 0) is 41.3 Å². The van der Waals surface area contributed by atoms with Crippen LogP contribution in [0.3, 0.4) is 0 Å². The normalized spacial score (nSPS) is 15.4. The van der Waals surface area contributed by atoms with Gasteiger partial charge in [0.2, 0.25) is 0 Å². The first-order chi connectivity index (χ1) is 6.70. The van der Waals surface area contributed by atoms with Gasteiger partial charge in [-0.2, -0.15) is 11.3 Å². The van der Waals surface area contributed by atoms with Gasteiger partial charge < -0.3 is 5.32 Å². The van der Waals surface area contributed by atoms with Gasteiger partial charge in [0.05, 0.1) is 0 Å². The molecule has 1 aromatic rings. The maximum atomic E-state index is 3.58. The zero-order valence-electron chi connectivity index (χ0n) is 9.63. The van der Waals surface area contributed by atoms with Crippen molar-refractivity contribution in [3.63, 3.8) is 0 Å². The van der Waals surface area contributed by atoms with Gasteiger partial charge in [0, 0.05) is 6.04 Å². The Morgan fingerprint density at radius 2 is 2.07 bits per heavy atom. The summed E-state index contributed by atoms with van der Waals surface area (Å²) in [5.41, 5.74) is 2.92. The van der Waals surface area contributed by atoms with Gasteiger partial charge in [-0.15, -0.1) is 0 Å². The highest BCUT2D eigenvalue weighted by Crippen LogP contribution is 2.29. The van der Waals surface area contributed by atoms with Gasteiger partial charge in [0.25, 0.3) is 0 Å². The third-order valence-electron chi connectivity index (χ3n) is 2.87. The standard InChI is InChI=1S/C12H21NS/c1-5-9(3)12(13-6-2)11-8-14-7-10(11)4/h7-9,12-13H,5-6H2,1-4H3. The zero-order valence-corrected chi connectivity index (χ0v) is 10.4. The van der Waals surface area contributed by atoms with Crippen LogP contribution in [0.4, 0.5) is 0 Å². The fourth-order valence-corrected chi connectivity index (χ4v) is 2.65. The van der Waals surface area contributed by atoms with E-state index < -0.39 is 0 Å². The van der Waals surface area contributed by atoms with Crippen LogP contribution in [-0.2, 0) is 0 Å². The van der Waals surface area contributed by atoms with Crippen molar-refractivity contribution in [2.75, 3.05) is 6.54 Å². The summed E-state index contributed by atoms with van der Waals surface area (Å²) in [4.78, 5) is 0. The van der Waals surface area contributed by atoms with E-state index in [4.69, 9.17) is 0 Å². The molecule has 0 bridgehead atoms. The highest BCUT2D eigenvalue weighted by Gasteiger charge is 2.18. The van der Waals surface area contributed by atoms with Crippen LogP contribution >= 0.6 is 11.3 Å². The van der Waals surface area contributed by atoms with Gasteiger partial charge in [-0.1, -0.05) is 27.2 Å². The van der Waals surface area contributed by atoms with E-state index in [1.165, 1.54) is 17.5 Å². The minimum Gasteiger partial charge on any atom is -0.310 e. The molecule has 2 unspecified atom stereocenters. The van der Waals surface area contributed by atoms with Crippen molar-refractivity contribution in [2.45, 2.75) is 40.2 Å². The maximum absolute atomic E-state index is 3.58. The summed E-state index contributed by atoms with van der Waals surface area (Å²) in [5, 5.41) is 8.11. The summed E-state index contributed by atoms with van der Waals surface area (Å²) in [7, 11) is 0. The van der Waals surface area contributed by atoms with Crippen LogP contribution in [0, 0.1) is 12.8 Å². The fraction of sp³-hybridized carbons (Fsp3) is 0.667. The molecule has 0 aliphatic carbocycles. The predicted molar refractivity (Wildman–Crippen MR) is 64.9 cm³/mol. The second-order valence-electron chi connectivity index (χ2n) is 3.93. The summed E-state index contributed by atoms with van der Waals surface area (Å²) >= 11 is 1.81. The van der Waals surface area contributed by atoms with Crippen molar-refractivity contribution in [1.82, 2.24) is 5.32 Å². The largest absolute Gasteiger partial charge is 0.310 e. The molecule has 0 aromatic carbocycles. The van der Waals surface area contributed by atoms with E-state index in [0.29, 0.717) is 12.0 Å². The molecule has 1 heterocycles. The molecule has 2 atom stereocenters. The van der Waals surface area contributed by atoms with Gasteiger partial charge in [0.1, 0.15) is 0 Å². The number of aryl methyl sites for hydroxylation is 1. The average molecular weight is 211 g/mol. The van der Waals surface area contributed by atoms with Gasteiger partial charge in [-0.25, -0.2) is 0 Å². The van der Waals surface area contributed by atoms with E-state index in [2.05, 4.69) is 43.8 Å². The zero-order chi connectivity index (χ0) is 10.6. The highest BCUT2D eigenvalue weighted by atomic mass is 32.1. The molecule has 2 heteroatoms. The summed E-state index contributed by atoms with van der Waals surface area (Å²) in [6.45, 7) is 10.0. The average Bonchev–Trinajstić information content (AvgIpc) is 2.60. The molecule has 0 amide bonds. The number of hydrogen-bond donors (Lipinski definition) is 1. The van der Waals surface area contributed by atoms with Crippen molar-refractivity contribution in [3.05, 3.63) is 21.9 Å². The Labute approximate surface area is 91.5 Å². The van der Waals surface area contributed by atoms with Crippen LogP contribution in [-0.4, -0.2) is 6.54 Å². The lowest BCUT2D eigenvalue weighted by molar-refractivity contribution is 0.383. The van der Waals surface area contributed by atoms with E-state index in [9.17, 15) is 0 Å². The number of hydrogen-bond acceptors (Lipinski definition) is 2. The third kappa shape index (κ3) is 2.58. The van der Waals surface area contributed by atoms with Crippen molar-refractivity contribution < 1.29 is 0 Å². The summed E-state index contributed by atoms with van der Waals surface area (Å²) in [6, 6.07) is 0.538. The fourth-order valence-electron chi connectivity index (χ4n) is 1.76. The van der Waals surface area contributed by atoms with Gasteiger partial charge in [-0.3, -0.25) is 0 Å². The van der Waals surface area contributed by atoms with Crippen LogP contribution in [0.1, 0.15) is 44.4 Å². The van der Waals surface area contributed by atoms with Crippen molar-refractivity contribution >= 4 is 11.3 Å². The van der Waals surface area contributed by atoms with Gasteiger partial charge in [0.15, 0.2) is 0 Å². The Bertz CT molecular complexity index is 267. The number of rotatable bonds is 5. The maximum Gasteiger partial charge on any atom is 0.0356 e. The minimum absolute atomic E-state index is 0.538. The Morgan fingerprint density at radius 1 is 1.36 bits per heavy atom. The Kier molecular flexibility index (Phi) is 4.63. The first kappa shape index (κ1) is 11.7. The third-order valence-corrected chi connectivity index (χ3v) is 3.75. The molecular formula is C12H21NS. The second kappa shape index (κ2) is 5.52. The SMILES string of the molecule is CCNC(c1cscc1C)C(C)CC. The lowest BCUT2D eigenvalue weighted by atomic mass is 9.92. The van der Waals surface area contributed by atoms with Crippen molar-refractivity contribution in [3.8, 4) is 0 Å². The molecule has 80 valence electrons. The van der Waals surface area contributed by atoms with E-state index >= 15 is 0 Å². The van der Waals surface area contributed by atoms with Gasteiger partial charge >= 0.3 is 0 Å². The molecule has 0 aliphatic rings. The highest BCUT2D eigenvalue weighted by molar-refractivity contribution is 7.08. The predicted octanol–water partition coefficient (Wildman–Crippen LogP) is 3.75. The molecule has 1 aromatic heterocycles. The lowest BCUT2D eigenvalue weighted by Crippen LogP contribution is -2.26. The summed E-state index contributed by atoms with van der Waals surface area (Å²) in [5.74, 6) is 0.711. The summed E-state index contributed by atoms with van der Waals surface area (Å²) < 4.78 is 0. The molecule has 1 nitrogen and oxygen atoms in total. The van der Waals surface area contributed by atoms with E-state index in [-0.39, 0.29) is 0 Å². The quantitative estimate of drug-likeness (QED) is 0.782. The minimum atomic E-state index is 0.538. The van der Waals surface area contributed by atoms with Crippen LogP contribution < -0.4 is 5.32 Å². The molecule has 0 spiro atoms.